The van der Waals surface area contributed by atoms with Crippen molar-refractivity contribution >= 4 is 50.1 Å². The number of hydrogen-bond acceptors (Lipinski definition) is 5. The number of likely N-dealkylation sites (tertiary alicyclic amines) is 1. The highest BCUT2D eigenvalue weighted by Gasteiger charge is 2.77. The zero-order valence-corrected chi connectivity index (χ0v) is 24.4. The largest absolute Gasteiger partial charge is 0.394 e. The number of ether oxygens (including phenoxy) is 1. The van der Waals surface area contributed by atoms with Gasteiger partial charge in [-0.05, 0) is 47.7 Å². The van der Waals surface area contributed by atoms with Gasteiger partial charge in [0.05, 0.1) is 30.6 Å². The molecular formula is C32H34BrN3O5. The summed E-state index contributed by atoms with van der Waals surface area (Å²) in [5, 5.41) is 18.6. The molecule has 3 unspecified atom stereocenters. The second-order valence-electron chi connectivity index (χ2n) is 11.3. The van der Waals surface area contributed by atoms with Gasteiger partial charge in [-0.25, -0.2) is 0 Å². The molecule has 0 aliphatic carbocycles. The number of nitrogens with zero attached hydrogens (tertiary/aromatic N) is 1. The van der Waals surface area contributed by atoms with Crippen LogP contribution in [0.5, 0.6) is 0 Å². The van der Waals surface area contributed by atoms with E-state index in [9.17, 15) is 19.5 Å². The predicted molar refractivity (Wildman–Crippen MR) is 159 cm³/mol. The van der Waals surface area contributed by atoms with Crippen LogP contribution in [-0.4, -0.2) is 69.5 Å². The molecule has 3 fully saturated rings. The number of carbonyl (C=O) groups excluding carboxylic acids is 3. The SMILES string of the molecule is CCCNC(=O)[C@H]1[C@@H]2OC3(CC2Br)C(C(=O)Nc2ccc4ccccc4c2)N([C@@H](CO)Cc2ccccc2)C(=O)[C@H]13. The molecule has 0 saturated carbocycles. The second-order valence-corrected chi connectivity index (χ2v) is 12.5. The van der Waals surface area contributed by atoms with Crippen molar-refractivity contribution in [3.8, 4) is 0 Å². The lowest BCUT2D eigenvalue weighted by atomic mass is 9.70. The summed E-state index contributed by atoms with van der Waals surface area (Å²) >= 11 is 3.71. The Bertz CT molecular complexity index is 1470. The molecule has 0 radical (unpaired) electrons. The number of carbonyl (C=O) groups is 3. The van der Waals surface area contributed by atoms with Crippen molar-refractivity contribution in [3.05, 3.63) is 78.4 Å². The summed E-state index contributed by atoms with van der Waals surface area (Å²) < 4.78 is 6.58. The number of amides is 3. The number of fused-ring (bicyclic) bond motifs is 2. The van der Waals surface area contributed by atoms with Crippen LogP contribution in [0.2, 0.25) is 0 Å². The number of anilines is 1. The van der Waals surface area contributed by atoms with Crippen LogP contribution >= 0.6 is 15.9 Å². The molecule has 8 nitrogen and oxygen atoms in total. The van der Waals surface area contributed by atoms with Gasteiger partial charge in [0.2, 0.25) is 17.7 Å². The molecule has 3 amide bonds. The molecule has 2 bridgehead atoms. The lowest BCUT2D eigenvalue weighted by molar-refractivity contribution is -0.144. The first-order valence-corrected chi connectivity index (χ1v) is 15.2. The Balaban J connectivity index is 1.39. The molecule has 3 saturated heterocycles. The summed E-state index contributed by atoms with van der Waals surface area (Å²) in [4.78, 5) is 43.4. The van der Waals surface area contributed by atoms with Crippen molar-refractivity contribution in [2.45, 2.75) is 54.8 Å². The van der Waals surface area contributed by atoms with Crippen LogP contribution in [0, 0.1) is 11.8 Å². The average Bonchev–Trinajstić information content (AvgIpc) is 3.58. The summed E-state index contributed by atoms with van der Waals surface area (Å²) in [6.45, 7) is 2.13. The number of alkyl halides is 1. The first kappa shape index (κ1) is 27.9. The van der Waals surface area contributed by atoms with Gasteiger partial charge < -0.3 is 25.4 Å². The molecule has 0 aromatic heterocycles. The minimum atomic E-state index is -1.20. The van der Waals surface area contributed by atoms with Gasteiger partial charge in [0.25, 0.3) is 0 Å². The van der Waals surface area contributed by atoms with E-state index in [0.717, 1.165) is 22.8 Å². The van der Waals surface area contributed by atoms with Crippen molar-refractivity contribution in [1.82, 2.24) is 10.2 Å². The molecule has 9 heteroatoms. The maximum Gasteiger partial charge on any atom is 0.250 e. The Morgan fingerprint density at radius 3 is 2.54 bits per heavy atom. The van der Waals surface area contributed by atoms with Crippen LogP contribution in [-0.2, 0) is 25.5 Å². The molecule has 3 N–H and O–H groups in total. The molecule has 3 aromatic rings. The highest BCUT2D eigenvalue weighted by atomic mass is 79.9. The number of rotatable bonds is 9. The van der Waals surface area contributed by atoms with Gasteiger partial charge in [0.15, 0.2) is 0 Å². The third-order valence-corrected chi connectivity index (χ3v) is 9.61. The molecule has 214 valence electrons. The molecule has 6 rings (SSSR count). The number of nitrogens with one attached hydrogen (secondary N) is 2. The molecule has 1 spiro atoms. The third-order valence-electron chi connectivity index (χ3n) is 8.76. The van der Waals surface area contributed by atoms with Gasteiger partial charge in [-0.2, -0.15) is 0 Å². The van der Waals surface area contributed by atoms with E-state index in [4.69, 9.17) is 4.74 Å². The second kappa shape index (κ2) is 11.2. The van der Waals surface area contributed by atoms with E-state index >= 15 is 0 Å². The van der Waals surface area contributed by atoms with E-state index in [-0.39, 0.29) is 23.2 Å². The molecular weight excluding hydrogens is 586 g/mol. The Kier molecular flexibility index (Phi) is 7.61. The van der Waals surface area contributed by atoms with Crippen molar-refractivity contribution in [2.75, 3.05) is 18.5 Å². The number of hydrogen-bond donors (Lipinski definition) is 3. The van der Waals surface area contributed by atoms with Gasteiger partial charge in [0, 0.05) is 17.1 Å². The molecule has 3 aromatic carbocycles. The Morgan fingerprint density at radius 1 is 1.07 bits per heavy atom. The van der Waals surface area contributed by atoms with E-state index in [2.05, 4.69) is 26.6 Å². The topological polar surface area (TPSA) is 108 Å². The Morgan fingerprint density at radius 2 is 1.80 bits per heavy atom. The number of aliphatic hydroxyl groups excluding tert-OH is 1. The monoisotopic (exact) mass is 619 g/mol. The van der Waals surface area contributed by atoms with Crippen LogP contribution in [0.1, 0.15) is 25.3 Å². The smallest absolute Gasteiger partial charge is 0.250 e. The fraction of sp³-hybridized carbons (Fsp3) is 0.406. The number of benzene rings is 3. The van der Waals surface area contributed by atoms with E-state index in [1.165, 1.54) is 4.90 Å². The van der Waals surface area contributed by atoms with E-state index in [1.54, 1.807) is 0 Å². The van der Waals surface area contributed by atoms with E-state index in [1.807, 2.05) is 79.7 Å². The predicted octanol–water partition coefficient (Wildman–Crippen LogP) is 3.66. The third kappa shape index (κ3) is 4.73. The van der Waals surface area contributed by atoms with E-state index in [0.29, 0.717) is 25.1 Å². The summed E-state index contributed by atoms with van der Waals surface area (Å²) in [6.07, 6.45) is 1.000. The van der Waals surface area contributed by atoms with Gasteiger partial charge in [-0.15, -0.1) is 0 Å². The zero-order valence-electron chi connectivity index (χ0n) is 22.8. The van der Waals surface area contributed by atoms with Gasteiger partial charge in [-0.3, -0.25) is 14.4 Å². The van der Waals surface area contributed by atoms with Crippen LogP contribution in [0.4, 0.5) is 5.69 Å². The average molecular weight is 621 g/mol. The normalized spacial score (nSPS) is 29.0. The first-order chi connectivity index (χ1) is 19.9. The maximum atomic E-state index is 14.4. The lowest BCUT2D eigenvalue weighted by Crippen LogP contribution is -2.57. The van der Waals surface area contributed by atoms with Gasteiger partial charge >= 0.3 is 0 Å². The fourth-order valence-electron chi connectivity index (χ4n) is 7.04. The van der Waals surface area contributed by atoms with Crippen LogP contribution in [0.3, 0.4) is 0 Å². The van der Waals surface area contributed by atoms with Crippen LogP contribution < -0.4 is 10.6 Å². The standard InChI is InChI=1S/C32H34BrN3O5/c1-2-14-34-29(38)25-26-31(40)36(23(18-37)15-19-8-4-3-5-9-19)28(32(26)17-24(33)27(25)41-32)30(39)35-22-13-12-20-10-6-7-11-21(20)16-22/h3-13,16,23-28,37H,2,14-15,17-18H2,1H3,(H,34,38)(H,35,39)/t23-,24?,25-,26+,27-,28?,32?/m1/s1. The molecule has 3 aliphatic heterocycles. The van der Waals surface area contributed by atoms with Crippen molar-refractivity contribution in [3.63, 3.8) is 0 Å². The van der Waals surface area contributed by atoms with Crippen molar-refractivity contribution < 1.29 is 24.2 Å². The first-order valence-electron chi connectivity index (χ1n) is 14.2. The van der Waals surface area contributed by atoms with Gasteiger partial charge in [-0.1, -0.05) is 83.5 Å². The minimum absolute atomic E-state index is 0.193. The molecule has 3 heterocycles. The summed E-state index contributed by atoms with van der Waals surface area (Å²) in [5.74, 6) is -2.50. The number of aliphatic hydroxyl groups is 1. The fourth-order valence-corrected chi connectivity index (χ4v) is 7.98. The maximum absolute atomic E-state index is 14.4. The highest BCUT2D eigenvalue weighted by molar-refractivity contribution is 9.09. The Labute approximate surface area is 247 Å². The van der Waals surface area contributed by atoms with Crippen molar-refractivity contribution in [2.24, 2.45) is 11.8 Å². The summed E-state index contributed by atoms with van der Waals surface area (Å²) in [5.41, 5.74) is 0.336. The quantitative estimate of drug-likeness (QED) is 0.317. The highest BCUT2D eigenvalue weighted by Crippen LogP contribution is 2.60. The Hall–Kier alpha value is -3.27. The summed E-state index contributed by atoms with van der Waals surface area (Å²) in [6, 6.07) is 21.4. The minimum Gasteiger partial charge on any atom is -0.394 e. The zero-order chi connectivity index (χ0) is 28.7. The van der Waals surface area contributed by atoms with Crippen LogP contribution in [0.25, 0.3) is 10.8 Å². The van der Waals surface area contributed by atoms with Gasteiger partial charge in [0.1, 0.15) is 11.6 Å². The van der Waals surface area contributed by atoms with Crippen molar-refractivity contribution in [1.29, 1.82) is 0 Å². The molecule has 3 aliphatic rings. The number of halogens is 1. The molecule has 41 heavy (non-hydrogen) atoms. The van der Waals surface area contributed by atoms with Crippen LogP contribution in [0.15, 0.2) is 72.8 Å². The summed E-state index contributed by atoms with van der Waals surface area (Å²) in [7, 11) is 0. The lowest BCUT2D eigenvalue weighted by Gasteiger charge is -2.37. The van der Waals surface area contributed by atoms with E-state index < -0.39 is 41.5 Å². The molecule has 7 atom stereocenters.